The monoisotopic (exact) mass is 481 g/mol. The average Bonchev–Trinajstić information content (AvgIpc) is 3.40. The molecule has 1 aliphatic heterocycles. The highest BCUT2D eigenvalue weighted by Crippen LogP contribution is 2.37. The molecule has 1 atom stereocenters. The van der Waals surface area contributed by atoms with Crippen molar-refractivity contribution in [2.45, 2.75) is 32.5 Å². The Morgan fingerprint density at radius 2 is 1.94 bits per heavy atom. The minimum atomic E-state index is -0.297. The summed E-state index contributed by atoms with van der Waals surface area (Å²) in [5.74, 6) is 1.20. The van der Waals surface area contributed by atoms with Gasteiger partial charge in [-0.3, -0.25) is 14.6 Å². The first-order valence-corrected chi connectivity index (χ1v) is 11.9. The van der Waals surface area contributed by atoms with Crippen LogP contribution in [-0.4, -0.2) is 28.2 Å². The molecule has 4 aromatic rings. The topological polar surface area (TPSA) is 84.7 Å². The van der Waals surface area contributed by atoms with Gasteiger partial charge in [-0.25, -0.2) is 0 Å². The normalized spacial score (nSPS) is 14.7. The largest absolute Gasteiger partial charge is 0.486 e. The molecule has 7 heteroatoms. The Morgan fingerprint density at radius 3 is 2.72 bits per heavy atom. The predicted octanol–water partition coefficient (Wildman–Crippen LogP) is 4.68. The molecular formula is C29H27N3O4. The van der Waals surface area contributed by atoms with E-state index in [0.29, 0.717) is 24.6 Å². The molecule has 0 saturated heterocycles. The van der Waals surface area contributed by atoms with E-state index in [9.17, 15) is 9.59 Å². The van der Waals surface area contributed by atoms with Gasteiger partial charge in [-0.1, -0.05) is 42.5 Å². The smallest absolute Gasteiger partial charge is 0.287 e. The lowest BCUT2D eigenvalue weighted by Gasteiger charge is -2.37. The first kappa shape index (κ1) is 23.4. The highest BCUT2D eigenvalue weighted by Gasteiger charge is 2.30. The number of hydrogen-bond donors (Lipinski definition) is 1. The summed E-state index contributed by atoms with van der Waals surface area (Å²) in [5, 5.41) is 2.82. The Balaban J connectivity index is 1.28. The molecule has 2 aromatic heterocycles. The molecule has 1 aliphatic rings. The third kappa shape index (κ3) is 5.15. The van der Waals surface area contributed by atoms with E-state index in [2.05, 4.69) is 16.4 Å². The Labute approximate surface area is 209 Å². The Bertz CT molecular complexity index is 1350. The van der Waals surface area contributed by atoms with Crippen molar-refractivity contribution in [3.63, 3.8) is 0 Å². The maximum absolute atomic E-state index is 12.4. The number of ether oxygens (including phenoxy) is 1. The van der Waals surface area contributed by atoms with Crippen molar-refractivity contribution >= 4 is 11.8 Å². The number of rotatable bonds is 7. The molecule has 1 N–H and O–H groups in total. The van der Waals surface area contributed by atoms with Crippen LogP contribution in [0.1, 0.15) is 51.5 Å². The van der Waals surface area contributed by atoms with E-state index in [1.807, 2.05) is 59.5 Å². The zero-order valence-electron chi connectivity index (χ0n) is 20.0. The third-order valence-corrected chi connectivity index (χ3v) is 6.31. The molecule has 7 nitrogen and oxygen atoms in total. The van der Waals surface area contributed by atoms with Crippen LogP contribution in [0, 0.1) is 0 Å². The Hall–Kier alpha value is -4.39. The number of fused-ring (bicyclic) bond motifs is 1. The Morgan fingerprint density at radius 1 is 1.08 bits per heavy atom. The highest BCUT2D eigenvalue weighted by atomic mass is 16.5. The molecule has 0 saturated carbocycles. The van der Waals surface area contributed by atoms with Crippen LogP contribution in [0.15, 0.2) is 89.6 Å². The summed E-state index contributed by atoms with van der Waals surface area (Å²) in [5.41, 5.74) is 4.25. The van der Waals surface area contributed by atoms with E-state index in [-0.39, 0.29) is 30.2 Å². The molecule has 36 heavy (non-hydrogen) atoms. The van der Waals surface area contributed by atoms with E-state index in [1.165, 1.54) is 5.56 Å². The third-order valence-electron chi connectivity index (χ3n) is 6.31. The minimum absolute atomic E-state index is 0.0470. The number of pyridine rings is 1. The summed E-state index contributed by atoms with van der Waals surface area (Å²) in [7, 11) is 0. The number of benzene rings is 2. The van der Waals surface area contributed by atoms with Gasteiger partial charge in [0, 0.05) is 32.4 Å². The standard InChI is InChI=1S/C29H27N3O4/c1-20(33)32-15-13-22-9-10-24(16-26(22)28(32)23-7-3-2-4-8-23)35-19-25-11-12-27(36-25)29(34)31-18-21-6-5-14-30-17-21/h2-12,14,16-17,28H,13,15,18-19H2,1H3,(H,31,34). The van der Waals surface area contributed by atoms with Gasteiger partial charge in [0.1, 0.15) is 18.1 Å². The molecule has 1 unspecified atom stereocenters. The average molecular weight is 482 g/mol. The zero-order chi connectivity index (χ0) is 24.9. The maximum atomic E-state index is 12.4. The Kier molecular flexibility index (Phi) is 6.80. The quantitative estimate of drug-likeness (QED) is 0.414. The van der Waals surface area contributed by atoms with Gasteiger partial charge in [-0.05, 0) is 59.0 Å². The molecule has 0 fully saturated rings. The van der Waals surface area contributed by atoms with Crippen molar-refractivity contribution in [3.05, 3.63) is 119 Å². The molecule has 2 amide bonds. The van der Waals surface area contributed by atoms with Crippen molar-refractivity contribution in [2.75, 3.05) is 6.54 Å². The zero-order valence-corrected chi connectivity index (χ0v) is 20.0. The predicted molar refractivity (Wildman–Crippen MR) is 134 cm³/mol. The minimum Gasteiger partial charge on any atom is -0.486 e. The summed E-state index contributed by atoms with van der Waals surface area (Å²) in [4.78, 5) is 30.8. The van der Waals surface area contributed by atoms with Gasteiger partial charge in [0.2, 0.25) is 5.91 Å². The fourth-order valence-corrected chi connectivity index (χ4v) is 4.52. The molecule has 182 valence electrons. The van der Waals surface area contributed by atoms with Crippen LogP contribution in [0.2, 0.25) is 0 Å². The first-order chi connectivity index (χ1) is 17.6. The fraction of sp³-hybridized carbons (Fsp3) is 0.207. The van der Waals surface area contributed by atoms with Crippen molar-refractivity contribution in [1.29, 1.82) is 0 Å². The number of carbonyl (C=O) groups excluding carboxylic acids is 2. The second-order valence-corrected chi connectivity index (χ2v) is 8.73. The molecule has 0 aliphatic carbocycles. The van der Waals surface area contributed by atoms with Crippen LogP contribution in [0.3, 0.4) is 0 Å². The lowest BCUT2D eigenvalue weighted by molar-refractivity contribution is -0.130. The van der Waals surface area contributed by atoms with Gasteiger partial charge in [-0.15, -0.1) is 0 Å². The summed E-state index contributed by atoms with van der Waals surface area (Å²) in [6.45, 7) is 2.85. The van der Waals surface area contributed by atoms with Gasteiger partial charge in [0.25, 0.3) is 5.91 Å². The lowest BCUT2D eigenvalue weighted by Crippen LogP contribution is -2.39. The van der Waals surface area contributed by atoms with E-state index >= 15 is 0 Å². The van der Waals surface area contributed by atoms with Crippen LogP contribution >= 0.6 is 0 Å². The lowest BCUT2D eigenvalue weighted by atomic mass is 9.88. The van der Waals surface area contributed by atoms with Crippen molar-refractivity contribution in [1.82, 2.24) is 15.2 Å². The van der Waals surface area contributed by atoms with Crippen LogP contribution in [0.25, 0.3) is 0 Å². The van der Waals surface area contributed by atoms with E-state index < -0.39 is 0 Å². The van der Waals surface area contributed by atoms with Crippen LogP contribution in [0.4, 0.5) is 0 Å². The number of hydrogen-bond acceptors (Lipinski definition) is 5. The van der Waals surface area contributed by atoms with E-state index in [0.717, 1.165) is 23.1 Å². The van der Waals surface area contributed by atoms with E-state index in [4.69, 9.17) is 9.15 Å². The second-order valence-electron chi connectivity index (χ2n) is 8.73. The van der Waals surface area contributed by atoms with Gasteiger partial charge in [0.05, 0.1) is 6.04 Å². The summed E-state index contributed by atoms with van der Waals surface area (Å²) in [6, 6.07) is 23.0. The molecule has 0 spiro atoms. The number of carbonyl (C=O) groups is 2. The SMILES string of the molecule is CC(=O)N1CCc2ccc(OCc3ccc(C(=O)NCc4cccnc4)o3)cc2C1c1ccccc1. The van der Waals surface area contributed by atoms with Crippen molar-refractivity contribution in [2.24, 2.45) is 0 Å². The maximum Gasteiger partial charge on any atom is 0.287 e. The van der Waals surface area contributed by atoms with Crippen LogP contribution in [0.5, 0.6) is 5.75 Å². The summed E-state index contributed by atoms with van der Waals surface area (Å²) in [6.07, 6.45) is 4.19. The summed E-state index contributed by atoms with van der Waals surface area (Å²) >= 11 is 0. The fourth-order valence-electron chi connectivity index (χ4n) is 4.52. The number of nitrogens with zero attached hydrogens (tertiary/aromatic N) is 2. The van der Waals surface area contributed by atoms with Gasteiger partial charge in [0.15, 0.2) is 5.76 Å². The number of amides is 2. The van der Waals surface area contributed by atoms with Crippen molar-refractivity contribution in [3.8, 4) is 5.75 Å². The highest BCUT2D eigenvalue weighted by molar-refractivity contribution is 5.91. The first-order valence-electron chi connectivity index (χ1n) is 11.9. The number of nitrogens with one attached hydrogen (secondary N) is 1. The van der Waals surface area contributed by atoms with Gasteiger partial charge < -0.3 is 19.4 Å². The van der Waals surface area contributed by atoms with Crippen LogP contribution < -0.4 is 10.1 Å². The molecule has 5 rings (SSSR count). The number of furan rings is 1. The van der Waals surface area contributed by atoms with Gasteiger partial charge >= 0.3 is 0 Å². The second kappa shape index (κ2) is 10.5. The molecule has 0 radical (unpaired) electrons. The van der Waals surface area contributed by atoms with Crippen molar-refractivity contribution < 1.29 is 18.7 Å². The molecule has 2 aromatic carbocycles. The summed E-state index contributed by atoms with van der Waals surface area (Å²) < 4.78 is 11.7. The van der Waals surface area contributed by atoms with Crippen LogP contribution in [-0.2, 0) is 24.4 Å². The molecule has 0 bridgehead atoms. The molecule has 3 heterocycles. The number of aromatic nitrogens is 1. The van der Waals surface area contributed by atoms with Gasteiger partial charge in [-0.2, -0.15) is 0 Å². The molecular weight excluding hydrogens is 454 g/mol. The van der Waals surface area contributed by atoms with E-state index in [1.54, 1.807) is 31.5 Å².